The average Bonchev–Trinajstić information content (AvgIpc) is 2.48. The molecule has 0 aliphatic carbocycles. The Morgan fingerprint density at radius 1 is 1.43 bits per heavy atom. The SMILES string of the molecule is CC(=O)N1CCCC(c2cnc(NCCC(=O)O)cn2)C1. The van der Waals surface area contributed by atoms with E-state index in [1.807, 2.05) is 4.90 Å². The third-order valence-corrected chi connectivity index (χ3v) is 3.60. The summed E-state index contributed by atoms with van der Waals surface area (Å²) in [6.07, 6.45) is 5.34. The van der Waals surface area contributed by atoms with Crippen molar-refractivity contribution < 1.29 is 14.7 Å². The van der Waals surface area contributed by atoms with Gasteiger partial charge in [0.15, 0.2) is 0 Å². The molecule has 0 spiro atoms. The zero-order chi connectivity index (χ0) is 15.2. The number of carbonyl (C=O) groups excluding carboxylic acids is 1. The summed E-state index contributed by atoms with van der Waals surface area (Å²) in [5, 5.41) is 11.5. The van der Waals surface area contributed by atoms with Gasteiger partial charge in [-0.25, -0.2) is 4.98 Å². The molecule has 114 valence electrons. The Kier molecular flexibility index (Phi) is 5.08. The standard InChI is InChI=1S/C14H20N4O3/c1-10(19)18-6-2-3-11(9-18)12-7-17-13(8-16-12)15-5-4-14(20)21/h7-8,11H,2-6,9H2,1H3,(H,15,17)(H,20,21). The molecule has 1 amide bonds. The van der Waals surface area contributed by atoms with Gasteiger partial charge in [-0.1, -0.05) is 0 Å². The van der Waals surface area contributed by atoms with Crippen molar-refractivity contribution in [2.45, 2.75) is 32.1 Å². The second-order valence-electron chi connectivity index (χ2n) is 5.20. The van der Waals surface area contributed by atoms with Gasteiger partial charge in [0.1, 0.15) is 5.82 Å². The predicted molar refractivity (Wildman–Crippen MR) is 77.0 cm³/mol. The maximum atomic E-state index is 11.4. The molecule has 1 aliphatic heterocycles. The summed E-state index contributed by atoms with van der Waals surface area (Å²) in [6.45, 7) is 3.42. The Morgan fingerprint density at radius 3 is 2.86 bits per heavy atom. The van der Waals surface area contributed by atoms with Crippen molar-refractivity contribution in [3.63, 3.8) is 0 Å². The van der Waals surface area contributed by atoms with Gasteiger partial charge in [0.2, 0.25) is 5.91 Å². The molecular weight excluding hydrogens is 272 g/mol. The summed E-state index contributed by atoms with van der Waals surface area (Å²) in [7, 11) is 0. The minimum atomic E-state index is -0.849. The van der Waals surface area contributed by atoms with Gasteiger partial charge in [-0.3, -0.25) is 14.6 Å². The average molecular weight is 292 g/mol. The summed E-state index contributed by atoms with van der Waals surface area (Å²) < 4.78 is 0. The van der Waals surface area contributed by atoms with Gasteiger partial charge in [0, 0.05) is 32.5 Å². The molecule has 2 rings (SSSR count). The maximum Gasteiger partial charge on any atom is 0.305 e. The Morgan fingerprint density at radius 2 is 2.24 bits per heavy atom. The fourth-order valence-electron chi connectivity index (χ4n) is 2.44. The lowest BCUT2D eigenvalue weighted by Crippen LogP contribution is -2.37. The van der Waals surface area contributed by atoms with Crippen molar-refractivity contribution >= 4 is 17.7 Å². The van der Waals surface area contributed by atoms with Crippen molar-refractivity contribution in [3.8, 4) is 0 Å². The number of aliphatic carboxylic acids is 1. The first-order valence-corrected chi connectivity index (χ1v) is 7.09. The van der Waals surface area contributed by atoms with Crippen LogP contribution in [0.3, 0.4) is 0 Å². The Balaban J connectivity index is 1.92. The minimum absolute atomic E-state index is 0.0413. The largest absolute Gasteiger partial charge is 0.481 e. The number of carboxylic acids is 1. The Bertz CT molecular complexity index is 503. The molecule has 0 saturated carbocycles. The van der Waals surface area contributed by atoms with Crippen molar-refractivity contribution in [2.24, 2.45) is 0 Å². The number of rotatable bonds is 5. The van der Waals surface area contributed by atoms with Crippen LogP contribution in [-0.2, 0) is 9.59 Å². The lowest BCUT2D eigenvalue weighted by atomic mass is 9.95. The van der Waals surface area contributed by atoms with Gasteiger partial charge in [0.25, 0.3) is 0 Å². The van der Waals surface area contributed by atoms with Crippen LogP contribution in [0.2, 0.25) is 0 Å². The fourth-order valence-corrected chi connectivity index (χ4v) is 2.44. The molecule has 1 aliphatic rings. The molecule has 1 aromatic heterocycles. The highest BCUT2D eigenvalue weighted by atomic mass is 16.4. The summed E-state index contributed by atoms with van der Waals surface area (Å²) in [5.74, 6) is 0.0423. The van der Waals surface area contributed by atoms with E-state index in [9.17, 15) is 9.59 Å². The van der Waals surface area contributed by atoms with Crippen LogP contribution in [0.15, 0.2) is 12.4 Å². The molecule has 2 heterocycles. The third kappa shape index (κ3) is 4.40. The Hall–Kier alpha value is -2.18. The maximum absolute atomic E-state index is 11.4. The van der Waals surface area contributed by atoms with E-state index in [-0.39, 0.29) is 18.2 Å². The van der Waals surface area contributed by atoms with Gasteiger partial charge in [-0.05, 0) is 12.8 Å². The lowest BCUT2D eigenvalue weighted by molar-refractivity contribution is -0.136. The van der Waals surface area contributed by atoms with Crippen molar-refractivity contribution in [2.75, 3.05) is 25.0 Å². The minimum Gasteiger partial charge on any atom is -0.481 e. The van der Waals surface area contributed by atoms with E-state index in [2.05, 4.69) is 15.3 Å². The summed E-state index contributed by atoms with van der Waals surface area (Å²) in [4.78, 5) is 32.3. The molecule has 1 unspecified atom stereocenters. The number of anilines is 1. The molecule has 0 aromatic carbocycles. The predicted octanol–water partition coefficient (Wildman–Crippen LogP) is 1.09. The molecule has 0 bridgehead atoms. The number of hydrogen-bond acceptors (Lipinski definition) is 5. The summed E-state index contributed by atoms with van der Waals surface area (Å²) >= 11 is 0. The second kappa shape index (κ2) is 7.01. The van der Waals surface area contributed by atoms with Crippen LogP contribution in [0, 0.1) is 0 Å². The highest BCUT2D eigenvalue weighted by Gasteiger charge is 2.23. The molecule has 1 aromatic rings. The number of piperidine rings is 1. The first-order valence-electron chi connectivity index (χ1n) is 7.09. The number of nitrogens with zero attached hydrogens (tertiary/aromatic N) is 3. The van der Waals surface area contributed by atoms with Crippen LogP contribution >= 0.6 is 0 Å². The van der Waals surface area contributed by atoms with Gasteiger partial charge >= 0.3 is 5.97 Å². The first kappa shape index (κ1) is 15.2. The van der Waals surface area contributed by atoms with Crippen LogP contribution in [0.1, 0.15) is 37.8 Å². The number of hydrogen-bond donors (Lipinski definition) is 2. The van der Waals surface area contributed by atoms with Crippen LogP contribution in [-0.4, -0.2) is 51.5 Å². The number of nitrogens with one attached hydrogen (secondary N) is 1. The van der Waals surface area contributed by atoms with Crippen LogP contribution in [0.4, 0.5) is 5.82 Å². The zero-order valence-electron chi connectivity index (χ0n) is 12.1. The lowest BCUT2D eigenvalue weighted by Gasteiger charge is -2.31. The molecule has 1 atom stereocenters. The van der Waals surface area contributed by atoms with Gasteiger partial charge < -0.3 is 15.3 Å². The quantitative estimate of drug-likeness (QED) is 0.843. The topological polar surface area (TPSA) is 95.4 Å². The molecule has 7 heteroatoms. The van der Waals surface area contributed by atoms with E-state index in [1.165, 1.54) is 0 Å². The van der Waals surface area contributed by atoms with Crippen LogP contribution < -0.4 is 5.32 Å². The van der Waals surface area contributed by atoms with Crippen LogP contribution in [0.25, 0.3) is 0 Å². The molecule has 2 N–H and O–H groups in total. The fraction of sp³-hybridized carbons (Fsp3) is 0.571. The molecule has 1 fully saturated rings. The van der Waals surface area contributed by atoms with Crippen LogP contribution in [0.5, 0.6) is 0 Å². The normalized spacial score (nSPS) is 18.3. The van der Waals surface area contributed by atoms with E-state index in [4.69, 9.17) is 5.11 Å². The van der Waals surface area contributed by atoms with E-state index in [0.29, 0.717) is 18.9 Å². The molecule has 21 heavy (non-hydrogen) atoms. The van der Waals surface area contributed by atoms with Gasteiger partial charge in [0.05, 0.1) is 24.5 Å². The number of amides is 1. The zero-order valence-corrected chi connectivity index (χ0v) is 12.1. The Labute approximate surface area is 123 Å². The molecule has 1 saturated heterocycles. The van der Waals surface area contributed by atoms with E-state index < -0.39 is 5.97 Å². The highest BCUT2D eigenvalue weighted by Crippen LogP contribution is 2.25. The first-order chi connectivity index (χ1) is 10.1. The molecule has 7 nitrogen and oxygen atoms in total. The van der Waals surface area contributed by atoms with Crippen molar-refractivity contribution in [1.82, 2.24) is 14.9 Å². The van der Waals surface area contributed by atoms with Crippen molar-refractivity contribution in [1.29, 1.82) is 0 Å². The number of likely N-dealkylation sites (tertiary alicyclic amines) is 1. The monoisotopic (exact) mass is 292 g/mol. The summed E-state index contributed by atoms with van der Waals surface area (Å²) in [6, 6.07) is 0. The van der Waals surface area contributed by atoms with E-state index >= 15 is 0 Å². The summed E-state index contributed by atoms with van der Waals surface area (Å²) in [5.41, 5.74) is 0.879. The number of carboxylic acid groups (broad SMARTS) is 1. The number of carbonyl (C=O) groups is 2. The smallest absolute Gasteiger partial charge is 0.305 e. The highest BCUT2D eigenvalue weighted by molar-refractivity contribution is 5.73. The van der Waals surface area contributed by atoms with E-state index in [0.717, 1.165) is 25.1 Å². The van der Waals surface area contributed by atoms with Gasteiger partial charge in [-0.15, -0.1) is 0 Å². The second-order valence-corrected chi connectivity index (χ2v) is 5.20. The molecule has 0 radical (unpaired) electrons. The third-order valence-electron chi connectivity index (χ3n) is 3.60. The molecular formula is C14H20N4O3. The van der Waals surface area contributed by atoms with E-state index in [1.54, 1.807) is 19.3 Å². The van der Waals surface area contributed by atoms with Gasteiger partial charge in [-0.2, -0.15) is 0 Å². The number of aromatic nitrogens is 2. The van der Waals surface area contributed by atoms with Crippen molar-refractivity contribution in [3.05, 3.63) is 18.1 Å².